The minimum Gasteiger partial charge on any atom is -0.384 e. The van der Waals surface area contributed by atoms with Crippen molar-refractivity contribution in [3.63, 3.8) is 0 Å². The summed E-state index contributed by atoms with van der Waals surface area (Å²) in [6.45, 7) is 2.05. The summed E-state index contributed by atoms with van der Waals surface area (Å²) in [6, 6.07) is 15.9. The summed E-state index contributed by atoms with van der Waals surface area (Å²) in [5, 5.41) is 11.7. The van der Waals surface area contributed by atoms with Crippen LogP contribution in [-0.2, 0) is 0 Å². The molecule has 0 radical (unpaired) electrons. The molecule has 1 heterocycles. The Kier molecular flexibility index (Phi) is 3.72. The molecule has 20 heavy (non-hydrogen) atoms. The fourth-order valence-electron chi connectivity index (χ4n) is 2.30. The maximum Gasteiger partial charge on any atom is 0.107 e. The standard InChI is InChI=1S/C17H14INO/c1-11-5-4-7-14(16(11)18)17(20)13-9-12-6-2-3-8-15(12)19-10-13/h2-10,17,20H,1H3. The van der Waals surface area contributed by atoms with E-state index in [0.717, 1.165) is 25.6 Å². The lowest BCUT2D eigenvalue weighted by Crippen LogP contribution is -2.03. The molecule has 0 saturated heterocycles. The summed E-state index contributed by atoms with van der Waals surface area (Å²) in [5.74, 6) is 0. The van der Waals surface area contributed by atoms with Crippen LogP contribution in [-0.4, -0.2) is 10.1 Å². The van der Waals surface area contributed by atoms with Gasteiger partial charge in [0.25, 0.3) is 0 Å². The second-order valence-electron chi connectivity index (χ2n) is 4.84. The number of para-hydroxylation sites is 1. The maximum atomic E-state index is 10.6. The molecule has 3 rings (SSSR count). The summed E-state index contributed by atoms with van der Waals surface area (Å²) in [5.41, 5.74) is 3.88. The summed E-state index contributed by atoms with van der Waals surface area (Å²) >= 11 is 2.28. The zero-order valence-corrected chi connectivity index (χ0v) is 13.2. The van der Waals surface area contributed by atoms with E-state index in [9.17, 15) is 5.11 Å². The van der Waals surface area contributed by atoms with Crippen molar-refractivity contribution in [1.82, 2.24) is 4.98 Å². The first-order chi connectivity index (χ1) is 9.66. The normalized spacial score (nSPS) is 12.6. The van der Waals surface area contributed by atoms with E-state index in [1.807, 2.05) is 42.5 Å². The van der Waals surface area contributed by atoms with Crippen LogP contribution in [0.4, 0.5) is 0 Å². The number of aromatic nitrogens is 1. The van der Waals surface area contributed by atoms with Crippen LogP contribution in [0.25, 0.3) is 10.9 Å². The Bertz CT molecular complexity index is 770. The zero-order valence-electron chi connectivity index (χ0n) is 11.0. The Morgan fingerprint density at radius 2 is 1.90 bits per heavy atom. The summed E-state index contributed by atoms with van der Waals surface area (Å²) in [4.78, 5) is 4.42. The Morgan fingerprint density at radius 3 is 2.75 bits per heavy atom. The molecule has 0 fully saturated rings. The van der Waals surface area contributed by atoms with Gasteiger partial charge >= 0.3 is 0 Å². The number of rotatable bonds is 2. The number of aliphatic hydroxyl groups is 1. The summed E-state index contributed by atoms with van der Waals surface area (Å²) < 4.78 is 1.10. The van der Waals surface area contributed by atoms with Gasteiger partial charge < -0.3 is 5.11 Å². The number of pyridine rings is 1. The van der Waals surface area contributed by atoms with Crippen LogP contribution in [0.5, 0.6) is 0 Å². The summed E-state index contributed by atoms with van der Waals surface area (Å²) in [7, 11) is 0. The number of benzene rings is 2. The molecular weight excluding hydrogens is 361 g/mol. The molecule has 0 spiro atoms. The SMILES string of the molecule is Cc1cccc(C(O)c2cnc3ccccc3c2)c1I. The van der Waals surface area contributed by atoms with Crippen LogP contribution in [0.1, 0.15) is 22.8 Å². The van der Waals surface area contributed by atoms with E-state index in [0.29, 0.717) is 0 Å². The second-order valence-corrected chi connectivity index (χ2v) is 5.92. The zero-order chi connectivity index (χ0) is 14.1. The monoisotopic (exact) mass is 375 g/mol. The fraction of sp³-hybridized carbons (Fsp3) is 0.118. The lowest BCUT2D eigenvalue weighted by atomic mass is 10.0. The average molecular weight is 375 g/mol. The van der Waals surface area contributed by atoms with E-state index < -0.39 is 6.10 Å². The van der Waals surface area contributed by atoms with E-state index in [-0.39, 0.29) is 0 Å². The van der Waals surface area contributed by atoms with Gasteiger partial charge in [0.15, 0.2) is 0 Å². The highest BCUT2D eigenvalue weighted by Gasteiger charge is 2.15. The van der Waals surface area contributed by atoms with Gasteiger partial charge in [-0.2, -0.15) is 0 Å². The van der Waals surface area contributed by atoms with E-state index in [1.165, 1.54) is 5.56 Å². The van der Waals surface area contributed by atoms with Crippen LogP contribution >= 0.6 is 22.6 Å². The van der Waals surface area contributed by atoms with Gasteiger partial charge in [0, 0.05) is 20.7 Å². The van der Waals surface area contributed by atoms with Gasteiger partial charge in [-0.15, -0.1) is 0 Å². The lowest BCUT2D eigenvalue weighted by Gasteiger charge is -2.15. The van der Waals surface area contributed by atoms with Crippen molar-refractivity contribution in [1.29, 1.82) is 0 Å². The molecule has 1 N–H and O–H groups in total. The third kappa shape index (κ3) is 2.43. The topological polar surface area (TPSA) is 33.1 Å². The molecule has 2 nitrogen and oxygen atoms in total. The molecule has 0 aliphatic rings. The molecule has 0 aliphatic heterocycles. The van der Waals surface area contributed by atoms with Gasteiger partial charge in [-0.3, -0.25) is 4.98 Å². The van der Waals surface area contributed by atoms with Gasteiger partial charge in [0.2, 0.25) is 0 Å². The van der Waals surface area contributed by atoms with Crippen LogP contribution in [0.2, 0.25) is 0 Å². The minimum atomic E-state index is -0.640. The molecule has 2 aromatic carbocycles. The average Bonchev–Trinajstić information content (AvgIpc) is 2.49. The molecule has 1 atom stereocenters. The molecule has 0 bridgehead atoms. The number of halogens is 1. The largest absolute Gasteiger partial charge is 0.384 e. The highest BCUT2D eigenvalue weighted by Crippen LogP contribution is 2.28. The molecule has 0 saturated carbocycles. The van der Waals surface area contributed by atoms with Gasteiger partial charge in [-0.25, -0.2) is 0 Å². The molecule has 0 amide bonds. The van der Waals surface area contributed by atoms with E-state index in [1.54, 1.807) is 6.20 Å². The number of fused-ring (bicyclic) bond motifs is 1. The first-order valence-electron chi connectivity index (χ1n) is 6.44. The van der Waals surface area contributed by atoms with Crippen LogP contribution in [0.3, 0.4) is 0 Å². The minimum absolute atomic E-state index is 0.640. The quantitative estimate of drug-likeness (QED) is 0.680. The van der Waals surface area contributed by atoms with Crippen molar-refractivity contribution in [2.24, 2.45) is 0 Å². The van der Waals surface area contributed by atoms with E-state index >= 15 is 0 Å². The predicted octanol–water partition coefficient (Wildman–Crippen LogP) is 4.23. The van der Waals surface area contributed by atoms with Crippen LogP contribution in [0, 0.1) is 10.5 Å². The second kappa shape index (κ2) is 5.50. The van der Waals surface area contributed by atoms with Crippen molar-refractivity contribution < 1.29 is 5.11 Å². The van der Waals surface area contributed by atoms with E-state index in [4.69, 9.17) is 0 Å². The number of hydrogen-bond acceptors (Lipinski definition) is 2. The predicted molar refractivity (Wildman–Crippen MR) is 89.7 cm³/mol. The Morgan fingerprint density at radius 1 is 1.10 bits per heavy atom. The molecule has 0 aliphatic carbocycles. The highest BCUT2D eigenvalue weighted by atomic mass is 127. The van der Waals surface area contributed by atoms with Crippen LogP contribution in [0.15, 0.2) is 54.7 Å². The number of hydrogen-bond donors (Lipinski definition) is 1. The van der Waals surface area contributed by atoms with Gasteiger partial charge in [0.1, 0.15) is 6.10 Å². The molecule has 1 unspecified atom stereocenters. The van der Waals surface area contributed by atoms with Crippen molar-refractivity contribution >= 4 is 33.5 Å². The Hall–Kier alpha value is -1.46. The van der Waals surface area contributed by atoms with Gasteiger partial charge in [-0.1, -0.05) is 36.4 Å². The number of aliphatic hydroxyl groups excluding tert-OH is 1. The van der Waals surface area contributed by atoms with Crippen molar-refractivity contribution in [3.8, 4) is 0 Å². The first kappa shape index (κ1) is 13.5. The third-order valence-electron chi connectivity index (χ3n) is 3.44. The molecule has 3 heteroatoms. The number of nitrogens with zero attached hydrogens (tertiary/aromatic N) is 1. The fourth-order valence-corrected chi connectivity index (χ4v) is 2.95. The molecule has 1 aromatic heterocycles. The molecule has 3 aromatic rings. The van der Waals surface area contributed by atoms with Gasteiger partial charge in [0.05, 0.1) is 5.52 Å². The lowest BCUT2D eigenvalue weighted by molar-refractivity contribution is 0.219. The first-order valence-corrected chi connectivity index (χ1v) is 7.52. The van der Waals surface area contributed by atoms with Crippen molar-refractivity contribution in [2.45, 2.75) is 13.0 Å². The molecule has 100 valence electrons. The van der Waals surface area contributed by atoms with Crippen molar-refractivity contribution in [3.05, 3.63) is 75.0 Å². The Balaban J connectivity index is 2.08. The van der Waals surface area contributed by atoms with Crippen LogP contribution < -0.4 is 0 Å². The number of aryl methyl sites for hydroxylation is 1. The third-order valence-corrected chi connectivity index (χ3v) is 4.92. The highest BCUT2D eigenvalue weighted by molar-refractivity contribution is 14.1. The Labute approximate surface area is 131 Å². The maximum absolute atomic E-state index is 10.6. The van der Waals surface area contributed by atoms with E-state index in [2.05, 4.69) is 40.6 Å². The molecular formula is C17H14INO. The smallest absolute Gasteiger partial charge is 0.107 e. The van der Waals surface area contributed by atoms with Gasteiger partial charge in [-0.05, 0) is 52.8 Å². The van der Waals surface area contributed by atoms with Crippen molar-refractivity contribution in [2.75, 3.05) is 0 Å². The summed E-state index contributed by atoms with van der Waals surface area (Å²) in [6.07, 6.45) is 1.12.